The average Bonchev–Trinajstić information content (AvgIpc) is 2.76. The summed E-state index contributed by atoms with van der Waals surface area (Å²) in [6, 6.07) is 0. The first kappa shape index (κ1) is 12.8. The van der Waals surface area contributed by atoms with Gasteiger partial charge in [-0.1, -0.05) is 0 Å². The number of hydrogen-bond acceptors (Lipinski definition) is 4. The van der Waals surface area contributed by atoms with Crippen LogP contribution >= 0.6 is 0 Å². The molecule has 0 saturated carbocycles. The number of hydrogen-bond donors (Lipinski definition) is 2. The van der Waals surface area contributed by atoms with Crippen molar-refractivity contribution in [2.45, 2.75) is 24.9 Å². The van der Waals surface area contributed by atoms with Crippen LogP contribution in [0.2, 0.25) is 0 Å². The van der Waals surface area contributed by atoms with Crippen molar-refractivity contribution in [3.05, 3.63) is 0 Å². The number of rotatable bonds is 3. The molecule has 5 heteroatoms. The highest BCUT2D eigenvalue weighted by Crippen LogP contribution is 2.19. The minimum Gasteiger partial charge on any atom is -0.387 e. The molecule has 2 heterocycles. The van der Waals surface area contributed by atoms with Crippen LogP contribution in [0.3, 0.4) is 0 Å². The summed E-state index contributed by atoms with van der Waals surface area (Å²) < 4.78 is 5.33. The van der Waals surface area contributed by atoms with E-state index in [1.54, 1.807) is 11.9 Å². The minimum atomic E-state index is -0.750. The summed E-state index contributed by atoms with van der Waals surface area (Å²) in [5.41, 5.74) is -0.750. The molecule has 2 aliphatic rings. The van der Waals surface area contributed by atoms with Gasteiger partial charge in [0.25, 0.3) is 0 Å². The average molecular weight is 242 g/mol. The van der Waals surface area contributed by atoms with Gasteiger partial charge in [-0.3, -0.25) is 4.79 Å². The SMILES string of the molecule is CN(CC1(O)CCNC1)C(=O)C1CCCOC1. The van der Waals surface area contributed by atoms with E-state index in [4.69, 9.17) is 4.74 Å². The molecular weight excluding hydrogens is 220 g/mol. The number of carbonyl (C=O) groups excluding carboxylic acids is 1. The lowest BCUT2D eigenvalue weighted by atomic mass is 9.98. The summed E-state index contributed by atoms with van der Waals surface area (Å²) in [6.07, 6.45) is 2.57. The number of amides is 1. The molecule has 98 valence electrons. The number of likely N-dealkylation sites (N-methyl/N-ethyl adjacent to an activating group) is 1. The highest BCUT2D eigenvalue weighted by molar-refractivity contribution is 5.78. The van der Waals surface area contributed by atoms with Crippen molar-refractivity contribution in [3.8, 4) is 0 Å². The van der Waals surface area contributed by atoms with Gasteiger partial charge in [-0.05, 0) is 25.8 Å². The van der Waals surface area contributed by atoms with Crippen molar-refractivity contribution in [1.29, 1.82) is 0 Å². The first-order chi connectivity index (χ1) is 8.11. The predicted molar refractivity (Wildman–Crippen MR) is 63.6 cm³/mol. The van der Waals surface area contributed by atoms with E-state index < -0.39 is 5.60 Å². The van der Waals surface area contributed by atoms with Crippen molar-refractivity contribution < 1.29 is 14.6 Å². The zero-order valence-electron chi connectivity index (χ0n) is 10.4. The Hall–Kier alpha value is -0.650. The van der Waals surface area contributed by atoms with Gasteiger partial charge < -0.3 is 20.1 Å². The zero-order chi connectivity index (χ0) is 12.3. The quantitative estimate of drug-likeness (QED) is 0.706. The maximum Gasteiger partial charge on any atom is 0.227 e. The summed E-state index contributed by atoms with van der Waals surface area (Å²) in [7, 11) is 1.77. The van der Waals surface area contributed by atoms with Crippen LogP contribution in [0, 0.1) is 5.92 Å². The molecule has 2 rings (SSSR count). The van der Waals surface area contributed by atoms with E-state index in [-0.39, 0.29) is 11.8 Å². The molecule has 0 radical (unpaired) electrons. The molecule has 0 aliphatic carbocycles. The molecule has 2 N–H and O–H groups in total. The Morgan fingerprint density at radius 3 is 3.06 bits per heavy atom. The fourth-order valence-electron chi connectivity index (χ4n) is 2.63. The van der Waals surface area contributed by atoms with Gasteiger partial charge in [-0.2, -0.15) is 0 Å². The molecule has 2 fully saturated rings. The van der Waals surface area contributed by atoms with Crippen molar-refractivity contribution >= 4 is 5.91 Å². The molecule has 5 nitrogen and oxygen atoms in total. The fraction of sp³-hybridized carbons (Fsp3) is 0.917. The van der Waals surface area contributed by atoms with Gasteiger partial charge >= 0.3 is 0 Å². The molecule has 0 aromatic heterocycles. The lowest BCUT2D eigenvalue weighted by molar-refractivity contribution is -0.141. The van der Waals surface area contributed by atoms with E-state index >= 15 is 0 Å². The fourth-order valence-corrected chi connectivity index (χ4v) is 2.63. The summed E-state index contributed by atoms with van der Waals surface area (Å²) in [6.45, 7) is 3.10. The third kappa shape index (κ3) is 3.18. The van der Waals surface area contributed by atoms with Crippen molar-refractivity contribution in [2.24, 2.45) is 5.92 Å². The monoisotopic (exact) mass is 242 g/mol. The number of β-amino-alcohol motifs (C(OH)–C–C–N with tert-alkyl or cyclic N) is 1. The normalized spacial score (nSPS) is 33.6. The van der Waals surface area contributed by atoms with Crippen LogP contribution in [0.1, 0.15) is 19.3 Å². The van der Waals surface area contributed by atoms with Crippen LogP contribution in [0.25, 0.3) is 0 Å². The standard InChI is InChI=1S/C12H22N2O3/c1-14(9-12(16)4-5-13-8-12)11(15)10-3-2-6-17-7-10/h10,13,16H,2-9H2,1H3. The lowest BCUT2D eigenvalue weighted by Gasteiger charge is -2.31. The second-order valence-electron chi connectivity index (χ2n) is 5.26. The smallest absolute Gasteiger partial charge is 0.227 e. The van der Waals surface area contributed by atoms with Gasteiger partial charge in [0.05, 0.1) is 24.7 Å². The van der Waals surface area contributed by atoms with Gasteiger partial charge in [0, 0.05) is 20.2 Å². The van der Waals surface area contributed by atoms with E-state index in [1.807, 2.05) is 0 Å². The second-order valence-corrected chi connectivity index (χ2v) is 5.26. The van der Waals surface area contributed by atoms with Crippen LogP contribution < -0.4 is 5.32 Å². The van der Waals surface area contributed by atoms with Crippen molar-refractivity contribution in [2.75, 3.05) is 39.9 Å². The van der Waals surface area contributed by atoms with Gasteiger partial charge in [-0.25, -0.2) is 0 Å². The van der Waals surface area contributed by atoms with Crippen LogP contribution in [-0.4, -0.2) is 61.4 Å². The van der Waals surface area contributed by atoms with Gasteiger partial charge in [0.1, 0.15) is 0 Å². The topological polar surface area (TPSA) is 61.8 Å². The van der Waals surface area contributed by atoms with Crippen LogP contribution in [0.4, 0.5) is 0 Å². The van der Waals surface area contributed by atoms with E-state index in [2.05, 4.69) is 5.32 Å². The molecule has 1 amide bonds. The number of nitrogens with zero attached hydrogens (tertiary/aromatic N) is 1. The predicted octanol–water partition coefficient (Wildman–Crippen LogP) is -0.404. The summed E-state index contributed by atoms with van der Waals surface area (Å²) in [5, 5.41) is 13.3. The first-order valence-corrected chi connectivity index (χ1v) is 6.37. The van der Waals surface area contributed by atoms with E-state index in [0.29, 0.717) is 26.1 Å². The molecule has 0 bridgehead atoms. The second kappa shape index (κ2) is 5.33. The van der Waals surface area contributed by atoms with Crippen molar-refractivity contribution in [3.63, 3.8) is 0 Å². The molecular formula is C12H22N2O3. The molecule has 2 atom stereocenters. The summed E-state index contributed by atoms with van der Waals surface area (Å²) in [5.74, 6) is 0.0803. The number of nitrogens with one attached hydrogen (secondary N) is 1. The largest absolute Gasteiger partial charge is 0.387 e. The molecule has 0 aromatic rings. The van der Waals surface area contributed by atoms with Crippen LogP contribution in [0.5, 0.6) is 0 Å². The van der Waals surface area contributed by atoms with E-state index in [0.717, 1.165) is 26.0 Å². The third-order valence-corrected chi connectivity index (χ3v) is 3.64. The maximum absolute atomic E-state index is 12.1. The molecule has 0 aromatic carbocycles. The van der Waals surface area contributed by atoms with E-state index in [9.17, 15) is 9.90 Å². The summed E-state index contributed by atoms with van der Waals surface area (Å²) >= 11 is 0. The van der Waals surface area contributed by atoms with Gasteiger partial charge in [0.2, 0.25) is 5.91 Å². The Kier molecular flexibility index (Phi) is 4.01. The Labute approximate surface area is 102 Å². The number of ether oxygens (including phenoxy) is 1. The minimum absolute atomic E-state index is 0.0216. The van der Waals surface area contributed by atoms with E-state index in [1.165, 1.54) is 0 Å². The molecule has 17 heavy (non-hydrogen) atoms. The Bertz CT molecular complexity index is 271. The maximum atomic E-state index is 12.1. The molecule has 2 unspecified atom stereocenters. The summed E-state index contributed by atoms with van der Waals surface area (Å²) in [4.78, 5) is 13.8. The van der Waals surface area contributed by atoms with Crippen LogP contribution in [-0.2, 0) is 9.53 Å². The zero-order valence-corrected chi connectivity index (χ0v) is 10.4. The highest BCUT2D eigenvalue weighted by Gasteiger charge is 2.35. The Morgan fingerprint density at radius 1 is 1.65 bits per heavy atom. The third-order valence-electron chi connectivity index (χ3n) is 3.64. The van der Waals surface area contributed by atoms with Crippen molar-refractivity contribution in [1.82, 2.24) is 10.2 Å². The number of carbonyl (C=O) groups is 1. The molecule has 2 aliphatic heterocycles. The Balaban J connectivity index is 1.85. The molecule has 2 saturated heterocycles. The lowest BCUT2D eigenvalue weighted by Crippen LogP contribution is -2.47. The first-order valence-electron chi connectivity index (χ1n) is 6.37. The molecule has 0 spiro atoms. The van der Waals surface area contributed by atoms with Gasteiger partial charge in [0.15, 0.2) is 0 Å². The van der Waals surface area contributed by atoms with Gasteiger partial charge in [-0.15, -0.1) is 0 Å². The highest BCUT2D eigenvalue weighted by atomic mass is 16.5. The number of aliphatic hydroxyl groups is 1. The van der Waals surface area contributed by atoms with Crippen LogP contribution in [0.15, 0.2) is 0 Å². The Morgan fingerprint density at radius 2 is 2.47 bits per heavy atom.